The van der Waals surface area contributed by atoms with Gasteiger partial charge in [-0.25, -0.2) is 21.6 Å². The molecule has 10 heteroatoms. The van der Waals surface area contributed by atoms with Crippen LogP contribution < -0.4 is 14.4 Å². The van der Waals surface area contributed by atoms with Crippen molar-refractivity contribution in [2.24, 2.45) is 0 Å². The third-order valence-corrected chi connectivity index (χ3v) is 6.20. The molecule has 3 aromatic carbocycles. The van der Waals surface area contributed by atoms with Gasteiger partial charge in [0.1, 0.15) is 24.2 Å². The second kappa shape index (κ2) is 10.6. The Labute approximate surface area is 196 Å². The van der Waals surface area contributed by atoms with Crippen LogP contribution in [0.3, 0.4) is 0 Å². The topological polar surface area (TPSA) is 75.7 Å². The molecular weight excluding hydrogens is 469 g/mol. The summed E-state index contributed by atoms with van der Waals surface area (Å²) in [5, 5.41) is 2.64. The highest BCUT2D eigenvalue weighted by Crippen LogP contribution is 2.23. The van der Waals surface area contributed by atoms with Crippen molar-refractivity contribution in [1.29, 1.82) is 0 Å². The van der Waals surface area contributed by atoms with Crippen molar-refractivity contribution in [2.75, 3.05) is 10.6 Å². The van der Waals surface area contributed by atoms with E-state index in [1.165, 1.54) is 19.1 Å². The summed E-state index contributed by atoms with van der Waals surface area (Å²) in [4.78, 5) is 12.6. The molecule has 0 spiro atoms. The van der Waals surface area contributed by atoms with Gasteiger partial charge in [0, 0.05) is 12.6 Å². The number of nitrogens with zero attached hydrogens (tertiary/aromatic N) is 1. The van der Waals surface area contributed by atoms with E-state index in [9.17, 15) is 26.4 Å². The van der Waals surface area contributed by atoms with E-state index >= 15 is 0 Å². The van der Waals surface area contributed by atoms with Gasteiger partial charge in [-0.15, -0.1) is 0 Å². The molecule has 6 nitrogen and oxygen atoms in total. The zero-order chi connectivity index (χ0) is 24.9. The van der Waals surface area contributed by atoms with Crippen LogP contribution in [0.5, 0.6) is 5.75 Å². The van der Waals surface area contributed by atoms with Crippen LogP contribution in [0, 0.1) is 17.5 Å². The SMILES string of the molecule is C[C@@H](C(=O)NCc1ccc(OCc2ccc(F)cc2)cc1)N(c1ccc(F)c(F)c1)S(C)(=O)=O. The van der Waals surface area contributed by atoms with Crippen molar-refractivity contribution in [3.05, 3.63) is 95.3 Å². The van der Waals surface area contributed by atoms with E-state index in [0.717, 1.165) is 39.9 Å². The van der Waals surface area contributed by atoms with Gasteiger partial charge in [0.05, 0.1) is 11.9 Å². The summed E-state index contributed by atoms with van der Waals surface area (Å²) < 4.78 is 70.8. The molecule has 1 N–H and O–H groups in total. The average molecular weight is 493 g/mol. The highest BCUT2D eigenvalue weighted by molar-refractivity contribution is 7.92. The predicted molar refractivity (Wildman–Crippen MR) is 122 cm³/mol. The number of amides is 1. The monoisotopic (exact) mass is 492 g/mol. The number of rotatable bonds is 9. The molecule has 0 fully saturated rings. The fourth-order valence-electron chi connectivity index (χ4n) is 3.22. The molecule has 0 saturated heterocycles. The minimum atomic E-state index is -3.97. The zero-order valence-corrected chi connectivity index (χ0v) is 19.3. The van der Waals surface area contributed by atoms with Crippen molar-refractivity contribution in [1.82, 2.24) is 5.32 Å². The molecule has 34 heavy (non-hydrogen) atoms. The summed E-state index contributed by atoms with van der Waals surface area (Å²) in [6.07, 6.45) is 0.878. The Morgan fingerprint density at radius 2 is 1.56 bits per heavy atom. The van der Waals surface area contributed by atoms with Crippen LogP contribution in [0.1, 0.15) is 18.1 Å². The van der Waals surface area contributed by atoms with Crippen molar-refractivity contribution >= 4 is 21.6 Å². The minimum absolute atomic E-state index is 0.108. The molecule has 0 aromatic heterocycles. The van der Waals surface area contributed by atoms with Crippen LogP contribution in [-0.4, -0.2) is 26.6 Å². The van der Waals surface area contributed by atoms with E-state index in [-0.39, 0.29) is 24.7 Å². The number of anilines is 1. The molecule has 0 radical (unpaired) electrons. The quantitative estimate of drug-likeness (QED) is 0.487. The molecule has 1 atom stereocenters. The Bertz CT molecular complexity index is 1250. The minimum Gasteiger partial charge on any atom is -0.489 e. The second-order valence-electron chi connectivity index (χ2n) is 7.61. The number of carbonyl (C=O) groups excluding carboxylic acids is 1. The van der Waals surface area contributed by atoms with Gasteiger partial charge in [-0.1, -0.05) is 24.3 Å². The second-order valence-corrected chi connectivity index (χ2v) is 9.47. The first kappa shape index (κ1) is 25.1. The molecule has 0 bridgehead atoms. The van der Waals surface area contributed by atoms with Crippen LogP contribution >= 0.6 is 0 Å². The number of hydrogen-bond acceptors (Lipinski definition) is 4. The van der Waals surface area contributed by atoms with E-state index < -0.39 is 33.6 Å². The zero-order valence-electron chi connectivity index (χ0n) is 18.5. The maximum Gasteiger partial charge on any atom is 0.243 e. The number of hydrogen-bond donors (Lipinski definition) is 1. The lowest BCUT2D eigenvalue weighted by Crippen LogP contribution is -2.47. The molecule has 0 heterocycles. The van der Waals surface area contributed by atoms with Crippen molar-refractivity contribution in [3.63, 3.8) is 0 Å². The van der Waals surface area contributed by atoms with Gasteiger partial charge in [0.15, 0.2) is 11.6 Å². The normalized spacial score (nSPS) is 12.1. The number of sulfonamides is 1. The van der Waals surface area contributed by atoms with Gasteiger partial charge < -0.3 is 10.1 Å². The molecule has 0 aliphatic carbocycles. The smallest absolute Gasteiger partial charge is 0.243 e. The van der Waals surface area contributed by atoms with Crippen LogP contribution in [0.25, 0.3) is 0 Å². The molecule has 180 valence electrons. The van der Waals surface area contributed by atoms with Crippen molar-refractivity contribution in [2.45, 2.75) is 26.1 Å². The summed E-state index contributed by atoms with van der Waals surface area (Å²) in [5.41, 5.74) is 1.38. The summed E-state index contributed by atoms with van der Waals surface area (Å²) in [6.45, 7) is 1.72. The number of halogens is 3. The summed E-state index contributed by atoms with van der Waals surface area (Å²) in [7, 11) is -3.97. The number of carbonyl (C=O) groups is 1. The Balaban J connectivity index is 1.60. The standard InChI is InChI=1S/C24H23F3N2O4S/c1-16(29(34(2,31)32)20-9-12-22(26)23(27)13-20)24(30)28-14-17-5-10-21(11-6-17)33-15-18-3-7-19(25)8-4-18/h3-13,16H,14-15H2,1-2H3,(H,28,30)/t16-/m0/s1. The van der Waals surface area contributed by atoms with E-state index in [2.05, 4.69) is 5.32 Å². The third-order valence-electron chi connectivity index (χ3n) is 4.96. The van der Waals surface area contributed by atoms with Crippen molar-refractivity contribution < 1.29 is 31.1 Å². The summed E-state index contributed by atoms with van der Waals surface area (Å²) in [6, 6.07) is 14.2. The van der Waals surface area contributed by atoms with Gasteiger partial charge >= 0.3 is 0 Å². The van der Waals surface area contributed by atoms with Gasteiger partial charge in [0.25, 0.3) is 0 Å². The predicted octanol–water partition coefficient (Wildman–Crippen LogP) is 4.15. The Morgan fingerprint density at radius 3 is 2.15 bits per heavy atom. The number of benzene rings is 3. The molecule has 0 aliphatic rings. The molecule has 0 unspecified atom stereocenters. The third kappa shape index (κ3) is 6.50. The van der Waals surface area contributed by atoms with Crippen LogP contribution in [0.2, 0.25) is 0 Å². The first-order valence-corrected chi connectivity index (χ1v) is 12.1. The van der Waals surface area contributed by atoms with Gasteiger partial charge in [-0.2, -0.15) is 0 Å². The Morgan fingerprint density at radius 1 is 0.941 bits per heavy atom. The fourth-order valence-corrected chi connectivity index (χ4v) is 4.39. The molecule has 1 amide bonds. The Kier molecular flexibility index (Phi) is 7.83. The summed E-state index contributed by atoms with van der Waals surface area (Å²) in [5.74, 6) is -2.71. The average Bonchev–Trinajstić information content (AvgIpc) is 2.79. The van der Waals surface area contributed by atoms with E-state index in [1.54, 1.807) is 36.4 Å². The first-order chi connectivity index (χ1) is 16.0. The van der Waals surface area contributed by atoms with E-state index in [4.69, 9.17) is 4.74 Å². The number of ether oxygens (including phenoxy) is 1. The highest BCUT2D eigenvalue weighted by Gasteiger charge is 2.29. The van der Waals surface area contributed by atoms with Crippen molar-refractivity contribution in [3.8, 4) is 5.75 Å². The highest BCUT2D eigenvalue weighted by atomic mass is 32.2. The molecule has 0 aliphatic heterocycles. The molecule has 0 saturated carbocycles. The first-order valence-electron chi connectivity index (χ1n) is 10.2. The van der Waals surface area contributed by atoms with Gasteiger partial charge in [0.2, 0.25) is 15.9 Å². The summed E-state index contributed by atoms with van der Waals surface area (Å²) >= 11 is 0. The maximum absolute atomic E-state index is 13.6. The molecule has 3 rings (SSSR count). The van der Waals surface area contributed by atoms with Crippen LogP contribution in [-0.2, 0) is 28.0 Å². The molecule has 3 aromatic rings. The van der Waals surface area contributed by atoms with Gasteiger partial charge in [-0.05, 0) is 54.4 Å². The lowest BCUT2D eigenvalue weighted by molar-refractivity contribution is -0.122. The Hall–Kier alpha value is -3.53. The lowest BCUT2D eigenvalue weighted by Gasteiger charge is -2.28. The molecular formula is C24H23F3N2O4S. The lowest BCUT2D eigenvalue weighted by atomic mass is 10.2. The van der Waals surface area contributed by atoms with Crippen LogP contribution in [0.15, 0.2) is 66.7 Å². The largest absolute Gasteiger partial charge is 0.489 e. The van der Waals surface area contributed by atoms with Crippen LogP contribution in [0.4, 0.5) is 18.9 Å². The fraction of sp³-hybridized carbons (Fsp3) is 0.208. The van der Waals surface area contributed by atoms with E-state index in [0.29, 0.717) is 5.75 Å². The number of nitrogens with one attached hydrogen (secondary N) is 1. The van der Waals surface area contributed by atoms with E-state index in [1.807, 2.05) is 0 Å². The van der Waals surface area contributed by atoms with Gasteiger partial charge in [-0.3, -0.25) is 9.10 Å². The maximum atomic E-state index is 13.6.